The predicted octanol–water partition coefficient (Wildman–Crippen LogP) is 4.46. The zero-order chi connectivity index (χ0) is 26.0. The molecule has 2 amide bonds. The Balaban J connectivity index is 2.00. The van der Waals surface area contributed by atoms with E-state index < -0.39 is 23.6 Å². The fourth-order valence-corrected chi connectivity index (χ4v) is 4.56. The number of aliphatic hydroxyl groups excluding tert-OH is 2. The summed E-state index contributed by atoms with van der Waals surface area (Å²) in [4.78, 5) is 32.5. The fraction of sp³-hybridized carbons (Fsp3) is 0.296. The molecule has 1 aliphatic rings. The molecule has 2 N–H and O–H groups in total. The summed E-state index contributed by atoms with van der Waals surface area (Å²) in [5.74, 6) is -1.67. The van der Waals surface area contributed by atoms with Gasteiger partial charge in [0.2, 0.25) is 0 Å². The van der Waals surface area contributed by atoms with Crippen LogP contribution in [0.15, 0.2) is 60.8 Å². The van der Waals surface area contributed by atoms with E-state index in [0.717, 1.165) is 10.5 Å². The van der Waals surface area contributed by atoms with Crippen LogP contribution in [0, 0.1) is 5.92 Å². The van der Waals surface area contributed by atoms with Gasteiger partial charge in [-0.25, -0.2) is 4.90 Å². The Kier molecular flexibility index (Phi) is 7.78. The molecule has 2 aromatic carbocycles. The summed E-state index contributed by atoms with van der Waals surface area (Å²) < 4.78 is 6.46. The minimum atomic E-state index is -1.64. The molecular formula is C27H26Cl2N2O5. The maximum absolute atomic E-state index is 13.8. The summed E-state index contributed by atoms with van der Waals surface area (Å²) in [6.45, 7) is 2.98. The lowest BCUT2D eigenvalue weighted by atomic mass is 9.88. The first kappa shape index (κ1) is 26.3. The molecule has 0 fully saturated rings. The Morgan fingerprint density at radius 1 is 1.06 bits per heavy atom. The molecule has 1 aliphatic heterocycles. The zero-order valence-electron chi connectivity index (χ0n) is 19.8. The lowest BCUT2D eigenvalue weighted by molar-refractivity contribution is -0.176. The van der Waals surface area contributed by atoms with E-state index in [4.69, 9.17) is 27.9 Å². The molecule has 0 radical (unpaired) electrons. The first-order valence-electron chi connectivity index (χ1n) is 11.5. The molecule has 2 unspecified atom stereocenters. The van der Waals surface area contributed by atoms with Crippen LogP contribution < -0.4 is 0 Å². The van der Waals surface area contributed by atoms with Crippen LogP contribution >= 0.6 is 23.2 Å². The third-order valence-electron chi connectivity index (χ3n) is 6.11. The standard InChI is InChI=1S/C27H26Cl2N2O5/c1-16(14-32)15-36-27(12-21-11-10-20(29)13-30-21)24-22(18-6-8-19(28)9-7-18)4-3-5-23(24)26(35)31(27)25(34)17(2)33/h3-11,13,16-17,32-33H,12,14-15H2,1-2H3/t16?,17?,27-/m1/s1. The average molecular weight is 529 g/mol. The average Bonchev–Trinajstić information content (AvgIpc) is 3.12. The number of nitrogens with zero attached hydrogens (tertiary/aromatic N) is 2. The van der Waals surface area contributed by atoms with Gasteiger partial charge in [0.25, 0.3) is 11.8 Å². The molecule has 1 aromatic heterocycles. The van der Waals surface area contributed by atoms with Crippen molar-refractivity contribution in [1.29, 1.82) is 0 Å². The van der Waals surface area contributed by atoms with Crippen molar-refractivity contribution in [3.8, 4) is 11.1 Å². The van der Waals surface area contributed by atoms with Gasteiger partial charge < -0.3 is 14.9 Å². The summed E-state index contributed by atoms with van der Waals surface area (Å²) in [7, 11) is 0. The van der Waals surface area contributed by atoms with E-state index in [1.807, 2.05) is 18.2 Å². The third-order valence-corrected chi connectivity index (χ3v) is 6.59. The number of fused-ring (bicyclic) bond motifs is 1. The number of hydrogen-bond donors (Lipinski definition) is 2. The number of rotatable bonds is 8. The van der Waals surface area contributed by atoms with E-state index in [9.17, 15) is 19.8 Å². The monoisotopic (exact) mass is 528 g/mol. The molecule has 2 heterocycles. The smallest absolute Gasteiger partial charge is 0.263 e. The van der Waals surface area contributed by atoms with Crippen molar-refractivity contribution in [2.24, 2.45) is 5.92 Å². The van der Waals surface area contributed by atoms with Crippen LogP contribution in [-0.4, -0.2) is 51.2 Å². The van der Waals surface area contributed by atoms with Crippen molar-refractivity contribution in [1.82, 2.24) is 9.88 Å². The molecular weight excluding hydrogens is 503 g/mol. The molecule has 188 valence electrons. The quantitative estimate of drug-likeness (QED) is 0.447. The largest absolute Gasteiger partial charge is 0.396 e. The van der Waals surface area contributed by atoms with E-state index in [0.29, 0.717) is 26.9 Å². The molecule has 3 atom stereocenters. The molecule has 7 nitrogen and oxygen atoms in total. The topological polar surface area (TPSA) is 100.0 Å². The number of imide groups is 1. The van der Waals surface area contributed by atoms with Gasteiger partial charge in [-0.05, 0) is 48.4 Å². The second-order valence-corrected chi connectivity index (χ2v) is 9.79. The summed E-state index contributed by atoms with van der Waals surface area (Å²) in [6, 6.07) is 15.7. The van der Waals surface area contributed by atoms with Crippen molar-refractivity contribution in [2.45, 2.75) is 32.1 Å². The number of pyridine rings is 1. The molecule has 0 spiro atoms. The van der Waals surface area contributed by atoms with Gasteiger partial charge in [-0.3, -0.25) is 14.6 Å². The number of amides is 2. The normalized spacial score (nSPS) is 18.7. The van der Waals surface area contributed by atoms with Crippen molar-refractivity contribution < 1.29 is 24.5 Å². The number of benzene rings is 2. The van der Waals surface area contributed by atoms with Crippen LogP contribution in [0.2, 0.25) is 10.0 Å². The highest BCUT2D eigenvalue weighted by Gasteiger charge is 2.56. The molecule has 0 aliphatic carbocycles. The third kappa shape index (κ3) is 4.90. The lowest BCUT2D eigenvalue weighted by Gasteiger charge is -2.39. The Morgan fingerprint density at radius 3 is 2.33 bits per heavy atom. The number of halogens is 2. The minimum Gasteiger partial charge on any atom is -0.396 e. The first-order valence-corrected chi connectivity index (χ1v) is 12.2. The van der Waals surface area contributed by atoms with E-state index in [2.05, 4.69) is 4.98 Å². The Morgan fingerprint density at radius 2 is 1.72 bits per heavy atom. The first-order chi connectivity index (χ1) is 17.2. The van der Waals surface area contributed by atoms with Gasteiger partial charge in [-0.2, -0.15) is 0 Å². The Labute approximate surface area is 219 Å². The van der Waals surface area contributed by atoms with E-state index in [1.165, 1.54) is 13.1 Å². The van der Waals surface area contributed by atoms with Crippen molar-refractivity contribution in [3.63, 3.8) is 0 Å². The van der Waals surface area contributed by atoms with Gasteiger partial charge in [0, 0.05) is 47.0 Å². The molecule has 9 heteroatoms. The van der Waals surface area contributed by atoms with Gasteiger partial charge in [0.1, 0.15) is 6.10 Å². The second-order valence-electron chi connectivity index (χ2n) is 8.92. The Bertz CT molecular complexity index is 1260. The number of carbonyl (C=O) groups excluding carboxylic acids is 2. The van der Waals surface area contributed by atoms with E-state index >= 15 is 0 Å². The predicted molar refractivity (Wildman–Crippen MR) is 137 cm³/mol. The van der Waals surface area contributed by atoms with Gasteiger partial charge >= 0.3 is 0 Å². The van der Waals surface area contributed by atoms with Gasteiger partial charge in [0.15, 0.2) is 5.72 Å². The van der Waals surface area contributed by atoms with Crippen LogP contribution in [0.4, 0.5) is 0 Å². The summed E-state index contributed by atoms with van der Waals surface area (Å²) in [5, 5.41) is 20.9. The summed E-state index contributed by atoms with van der Waals surface area (Å²) in [6.07, 6.45) is 0.0213. The van der Waals surface area contributed by atoms with Crippen LogP contribution in [0.5, 0.6) is 0 Å². The highest BCUT2D eigenvalue weighted by Crippen LogP contribution is 2.48. The Hall–Kier alpha value is -2.81. The molecule has 4 rings (SSSR count). The molecule has 3 aromatic rings. The van der Waals surface area contributed by atoms with Gasteiger partial charge in [-0.15, -0.1) is 0 Å². The highest BCUT2D eigenvalue weighted by molar-refractivity contribution is 6.30. The molecule has 0 saturated carbocycles. The van der Waals surface area contributed by atoms with Crippen molar-refractivity contribution in [3.05, 3.63) is 87.7 Å². The molecule has 0 bridgehead atoms. The maximum Gasteiger partial charge on any atom is 0.263 e. The number of hydrogen-bond acceptors (Lipinski definition) is 6. The van der Waals surface area contributed by atoms with Crippen LogP contribution in [0.1, 0.15) is 35.5 Å². The van der Waals surface area contributed by atoms with Crippen LogP contribution in [0.3, 0.4) is 0 Å². The number of carbonyl (C=O) groups is 2. The number of ether oxygens (including phenoxy) is 1. The molecule has 36 heavy (non-hydrogen) atoms. The number of aromatic nitrogens is 1. The number of aliphatic hydroxyl groups is 2. The summed E-state index contributed by atoms with van der Waals surface area (Å²) >= 11 is 12.2. The lowest BCUT2D eigenvalue weighted by Crippen LogP contribution is -2.54. The summed E-state index contributed by atoms with van der Waals surface area (Å²) in [5.41, 5.74) is 1.08. The zero-order valence-corrected chi connectivity index (χ0v) is 21.3. The van der Waals surface area contributed by atoms with Crippen molar-refractivity contribution in [2.75, 3.05) is 13.2 Å². The van der Waals surface area contributed by atoms with E-state index in [-0.39, 0.29) is 31.1 Å². The van der Waals surface area contributed by atoms with Crippen LogP contribution in [-0.2, 0) is 21.7 Å². The second kappa shape index (κ2) is 10.7. The SMILES string of the molecule is CC(CO)CO[C@]1(Cc2ccc(Cl)cn2)c2c(cccc2-c2ccc(Cl)cc2)C(=O)N1C(=O)C(C)O. The van der Waals surface area contributed by atoms with Crippen LogP contribution in [0.25, 0.3) is 11.1 Å². The van der Waals surface area contributed by atoms with Gasteiger partial charge in [0.05, 0.1) is 11.6 Å². The van der Waals surface area contributed by atoms with E-state index in [1.54, 1.807) is 43.3 Å². The maximum atomic E-state index is 13.8. The highest BCUT2D eigenvalue weighted by atomic mass is 35.5. The molecule has 0 saturated heterocycles. The fourth-order valence-electron chi connectivity index (χ4n) is 4.33. The van der Waals surface area contributed by atoms with Gasteiger partial charge in [-0.1, -0.05) is 54.4 Å². The van der Waals surface area contributed by atoms with Crippen molar-refractivity contribution >= 4 is 35.0 Å². The minimum absolute atomic E-state index is 0.00409.